The number of imidazole rings is 1. The molecule has 4 N–H and O–H groups in total. The van der Waals surface area contributed by atoms with Crippen LogP contribution in [0.1, 0.15) is 20.3 Å². The number of fused-ring (bicyclic) bond motifs is 2. The number of amides is 1. The molecule has 0 saturated heterocycles. The number of benzene rings is 1. The summed E-state index contributed by atoms with van der Waals surface area (Å²) < 4.78 is 13.0. The summed E-state index contributed by atoms with van der Waals surface area (Å²) in [6.07, 6.45) is 2.01. The van der Waals surface area contributed by atoms with E-state index < -0.39 is 11.5 Å². The van der Waals surface area contributed by atoms with Gasteiger partial charge in [-0.25, -0.2) is 15.0 Å². The molecule has 12 heteroatoms. The zero-order valence-electron chi connectivity index (χ0n) is 19.0. The highest BCUT2D eigenvalue weighted by molar-refractivity contribution is 7.99. The molecule has 0 spiro atoms. The lowest BCUT2D eigenvalue weighted by Gasteiger charge is -2.18. The summed E-state index contributed by atoms with van der Waals surface area (Å²) in [6, 6.07) is 3.88. The molecule has 0 bridgehead atoms. The van der Waals surface area contributed by atoms with Gasteiger partial charge in [-0.1, -0.05) is 0 Å². The summed E-state index contributed by atoms with van der Waals surface area (Å²) in [5, 5.41) is 13.2. The molecule has 0 aliphatic carbocycles. The molecule has 176 valence electrons. The summed E-state index contributed by atoms with van der Waals surface area (Å²) >= 11 is 1.46. The van der Waals surface area contributed by atoms with Crippen molar-refractivity contribution >= 4 is 40.3 Å². The Balaban J connectivity index is 1.63. The molecule has 33 heavy (non-hydrogen) atoms. The van der Waals surface area contributed by atoms with E-state index in [1.807, 2.05) is 35.7 Å². The molecule has 0 radical (unpaired) electrons. The number of hydrogen-bond donors (Lipinski definition) is 3. The van der Waals surface area contributed by atoms with Crippen LogP contribution in [0.15, 0.2) is 28.5 Å². The summed E-state index contributed by atoms with van der Waals surface area (Å²) in [4.78, 5) is 28.0. The van der Waals surface area contributed by atoms with Gasteiger partial charge in [0.1, 0.15) is 11.9 Å². The van der Waals surface area contributed by atoms with Crippen LogP contribution in [0, 0.1) is 0 Å². The highest BCUT2D eigenvalue weighted by Gasteiger charge is 2.24. The maximum Gasteiger partial charge on any atom is 0.251 e. The lowest BCUT2D eigenvalue weighted by molar-refractivity contribution is -0.136. The second kappa shape index (κ2) is 8.94. The van der Waals surface area contributed by atoms with E-state index in [0.717, 1.165) is 10.6 Å². The van der Waals surface area contributed by atoms with Crippen LogP contribution < -0.4 is 25.4 Å². The van der Waals surface area contributed by atoms with Crippen LogP contribution in [-0.4, -0.2) is 63.6 Å². The minimum absolute atomic E-state index is 0.192. The van der Waals surface area contributed by atoms with Crippen molar-refractivity contribution in [3.8, 4) is 11.5 Å². The summed E-state index contributed by atoms with van der Waals surface area (Å²) in [5.41, 5.74) is 6.73. The Morgan fingerprint density at radius 1 is 1.30 bits per heavy atom. The van der Waals surface area contributed by atoms with Gasteiger partial charge in [0.25, 0.3) is 5.91 Å². The Hall–Kier alpha value is -3.25. The molecule has 0 fully saturated rings. The number of nitrogens with two attached hydrogens (primary N) is 1. The fraction of sp³-hybridized carbons (Fsp3) is 0.429. The maximum absolute atomic E-state index is 11.9. The van der Waals surface area contributed by atoms with Crippen molar-refractivity contribution in [2.75, 3.05) is 38.1 Å². The highest BCUT2D eigenvalue weighted by atomic mass is 32.2. The first-order chi connectivity index (χ1) is 15.6. The van der Waals surface area contributed by atoms with E-state index in [2.05, 4.69) is 15.3 Å². The van der Waals surface area contributed by atoms with Crippen LogP contribution in [-0.2, 0) is 11.3 Å². The molecule has 1 aliphatic rings. The second-order valence-corrected chi connectivity index (χ2v) is 9.32. The number of aliphatic hydroxyl groups is 1. The fourth-order valence-electron chi connectivity index (χ4n) is 3.31. The van der Waals surface area contributed by atoms with E-state index in [0.29, 0.717) is 53.1 Å². The van der Waals surface area contributed by atoms with Crippen molar-refractivity contribution < 1.29 is 19.4 Å². The zero-order valence-corrected chi connectivity index (χ0v) is 19.8. The van der Waals surface area contributed by atoms with E-state index >= 15 is 0 Å². The predicted molar refractivity (Wildman–Crippen MR) is 125 cm³/mol. The van der Waals surface area contributed by atoms with Crippen molar-refractivity contribution in [3.05, 3.63) is 18.5 Å². The zero-order chi connectivity index (χ0) is 23.8. The minimum Gasteiger partial charge on any atom is -0.454 e. The number of nitrogen functional groups attached to an aromatic ring is 1. The van der Waals surface area contributed by atoms with Crippen molar-refractivity contribution in [1.82, 2.24) is 24.8 Å². The van der Waals surface area contributed by atoms with Crippen LogP contribution in [0.5, 0.6) is 11.5 Å². The van der Waals surface area contributed by atoms with Crippen LogP contribution in [0.4, 0.5) is 11.5 Å². The molecular formula is C21H27N7O4S. The number of ether oxygens (including phenoxy) is 2. The standard InChI is InChI=1S/C21H27N7O4S/c1-21(2,30)19(29)23-6-5-7-28-18-16(17(22)24-10-25-18)26-20(28)33-15-9-14-13(31-11-32-14)8-12(15)27(3)4/h8-10,30H,5-7,11H2,1-4H3,(H,23,29)(H2,22,24,25). The van der Waals surface area contributed by atoms with Crippen LogP contribution in [0.3, 0.4) is 0 Å². The van der Waals surface area contributed by atoms with Gasteiger partial charge in [-0.2, -0.15) is 0 Å². The molecule has 1 amide bonds. The maximum atomic E-state index is 11.9. The van der Waals surface area contributed by atoms with E-state index in [1.165, 1.54) is 31.9 Å². The molecule has 11 nitrogen and oxygen atoms in total. The lowest BCUT2D eigenvalue weighted by atomic mass is 10.1. The quantitative estimate of drug-likeness (QED) is 0.413. The first-order valence-corrected chi connectivity index (χ1v) is 11.2. The third kappa shape index (κ3) is 4.76. The van der Waals surface area contributed by atoms with Crippen LogP contribution in [0.25, 0.3) is 11.2 Å². The van der Waals surface area contributed by atoms with E-state index in [4.69, 9.17) is 20.2 Å². The number of aryl methyl sites for hydroxylation is 1. The number of rotatable bonds is 8. The van der Waals surface area contributed by atoms with Gasteiger partial charge in [0.15, 0.2) is 33.6 Å². The van der Waals surface area contributed by atoms with Crippen molar-refractivity contribution in [3.63, 3.8) is 0 Å². The topological polar surface area (TPSA) is 141 Å². The largest absolute Gasteiger partial charge is 0.454 e. The van der Waals surface area contributed by atoms with Gasteiger partial charge in [-0.15, -0.1) is 0 Å². The average molecular weight is 474 g/mol. The normalized spacial score (nSPS) is 12.9. The summed E-state index contributed by atoms with van der Waals surface area (Å²) in [6.45, 7) is 4.02. The number of hydrogen-bond acceptors (Lipinski definition) is 10. The fourth-order valence-corrected chi connectivity index (χ4v) is 4.44. The van der Waals surface area contributed by atoms with Gasteiger partial charge in [0.2, 0.25) is 6.79 Å². The van der Waals surface area contributed by atoms with Gasteiger partial charge < -0.3 is 35.1 Å². The molecule has 0 saturated carbocycles. The predicted octanol–water partition coefficient (Wildman–Crippen LogP) is 1.63. The molecule has 1 aromatic carbocycles. The smallest absolute Gasteiger partial charge is 0.251 e. The number of anilines is 2. The molecule has 3 aromatic rings. The number of carbonyl (C=O) groups is 1. The lowest BCUT2D eigenvalue weighted by Crippen LogP contribution is -2.42. The van der Waals surface area contributed by atoms with Gasteiger partial charge in [-0.05, 0) is 32.0 Å². The van der Waals surface area contributed by atoms with Gasteiger partial charge in [0.05, 0.1) is 5.69 Å². The molecule has 3 heterocycles. The molecular weight excluding hydrogens is 446 g/mol. The average Bonchev–Trinajstić information content (AvgIpc) is 3.34. The van der Waals surface area contributed by atoms with Crippen LogP contribution in [0.2, 0.25) is 0 Å². The number of nitrogens with zero attached hydrogens (tertiary/aromatic N) is 5. The Labute approximate surface area is 195 Å². The van der Waals surface area contributed by atoms with Gasteiger partial charge in [0, 0.05) is 44.2 Å². The molecule has 0 atom stereocenters. The first-order valence-electron chi connectivity index (χ1n) is 10.4. The van der Waals surface area contributed by atoms with Gasteiger partial charge in [-0.3, -0.25) is 4.79 Å². The SMILES string of the molecule is CN(C)c1cc2c(cc1Sc1nc3c(N)ncnc3n1CCCNC(=O)C(C)(C)O)OCO2. The van der Waals surface area contributed by atoms with Crippen molar-refractivity contribution in [2.45, 2.75) is 42.5 Å². The Kier molecular flexibility index (Phi) is 6.21. The number of carbonyl (C=O) groups excluding carboxylic acids is 1. The first kappa shape index (κ1) is 22.9. The van der Waals surface area contributed by atoms with Crippen molar-refractivity contribution in [1.29, 1.82) is 0 Å². The number of nitrogens with one attached hydrogen (secondary N) is 1. The third-order valence-corrected chi connectivity index (χ3v) is 6.10. The summed E-state index contributed by atoms with van der Waals surface area (Å²) in [5.74, 6) is 1.26. The molecule has 1 aliphatic heterocycles. The molecule has 0 unspecified atom stereocenters. The van der Waals surface area contributed by atoms with Crippen LogP contribution >= 0.6 is 11.8 Å². The molecule has 2 aromatic heterocycles. The van der Waals surface area contributed by atoms with Gasteiger partial charge >= 0.3 is 0 Å². The minimum atomic E-state index is -1.42. The van der Waals surface area contributed by atoms with Crippen molar-refractivity contribution in [2.24, 2.45) is 0 Å². The Morgan fingerprint density at radius 2 is 2.03 bits per heavy atom. The van der Waals surface area contributed by atoms with E-state index in [9.17, 15) is 9.90 Å². The highest BCUT2D eigenvalue weighted by Crippen LogP contribution is 2.44. The third-order valence-electron chi connectivity index (χ3n) is 5.06. The number of aromatic nitrogens is 4. The Bertz CT molecular complexity index is 1190. The molecule has 4 rings (SSSR count). The summed E-state index contributed by atoms with van der Waals surface area (Å²) in [7, 11) is 3.92. The second-order valence-electron chi connectivity index (χ2n) is 8.32. The monoisotopic (exact) mass is 473 g/mol. The van der Waals surface area contributed by atoms with E-state index in [-0.39, 0.29) is 6.79 Å². The van der Waals surface area contributed by atoms with E-state index in [1.54, 1.807) is 0 Å². The Morgan fingerprint density at radius 3 is 2.73 bits per heavy atom.